The molecule has 0 aliphatic heterocycles. The fourth-order valence-corrected chi connectivity index (χ4v) is 1.73. The first-order chi connectivity index (χ1) is 8.65. The van der Waals surface area contributed by atoms with E-state index in [0.717, 1.165) is 25.7 Å². The first-order valence-corrected chi connectivity index (χ1v) is 6.36. The van der Waals surface area contributed by atoms with Gasteiger partial charge < -0.3 is 14.9 Å². The van der Waals surface area contributed by atoms with Gasteiger partial charge in [-0.2, -0.15) is 0 Å². The molecule has 1 aromatic rings. The number of ether oxygens (including phenoxy) is 1. The average molecular weight is 256 g/mol. The molecule has 0 fully saturated rings. The monoisotopic (exact) mass is 256 g/mol. The summed E-state index contributed by atoms with van der Waals surface area (Å²) in [5.74, 6) is 0.0434. The van der Waals surface area contributed by atoms with Gasteiger partial charge in [-0.3, -0.25) is 0 Å². The van der Waals surface area contributed by atoms with Gasteiger partial charge in [0.05, 0.1) is 12.7 Å². The van der Waals surface area contributed by atoms with Gasteiger partial charge in [0.2, 0.25) is 0 Å². The third-order valence-electron chi connectivity index (χ3n) is 2.74. The van der Waals surface area contributed by atoms with Gasteiger partial charge in [0.25, 0.3) is 0 Å². The molecule has 0 radical (unpaired) electrons. The van der Waals surface area contributed by atoms with Gasteiger partial charge in [0.1, 0.15) is 11.6 Å². The summed E-state index contributed by atoms with van der Waals surface area (Å²) in [6, 6.07) is 4.16. The number of benzene rings is 1. The predicted molar refractivity (Wildman–Crippen MR) is 68.1 cm³/mol. The quantitative estimate of drug-likeness (QED) is 0.703. The first-order valence-electron chi connectivity index (χ1n) is 6.36. The van der Waals surface area contributed by atoms with Crippen LogP contribution in [-0.4, -0.2) is 23.4 Å². The summed E-state index contributed by atoms with van der Waals surface area (Å²) >= 11 is 0. The zero-order chi connectivity index (χ0) is 13.4. The Morgan fingerprint density at radius 1 is 1.22 bits per heavy atom. The SMILES string of the molecule is CC(O)c1ccc(F)cc1OCCCCCCO. The van der Waals surface area contributed by atoms with Crippen LogP contribution in [-0.2, 0) is 0 Å². The van der Waals surface area contributed by atoms with Crippen molar-refractivity contribution in [2.75, 3.05) is 13.2 Å². The molecule has 0 saturated heterocycles. The van der Waals surface area contributed by atoms with E-state index in [-0.39, 0.29) is 12.4 Å². The molecule has 1 atom stereocenters. The summed E-state index contributed by atoms with van der Waals surface area (Å²) in [7, 11) is 0. The molecule has 0 heterocycles. The minimum absolute atomic E-state index is 0.219. The summed E-state index contributed by atoms with van der Waals surface area (Å²) < 4.78 is 18.6. The molecule has 2 N–H and O–H groups in total. The number of hydrogen-bond acceptors (Lipinski definition) is 3. The second-order valence-electron chi connectivity index (χ2n) is 4.34. The van der Waals surface area contributed by atoms with Crippen LogP contribution in [0.2, 0.25) is 0 Å². The molecule has 1 unspecified atom stereocenters. The highest BCUT2D eigenvalue weighted by molar-refractivity contribution is 5.35. The molecule has 4 heteroatoms. The number of aliphatic hydroxyl groups is 2. The van der Waals surface area contributed by atoms with Crippen LogP contribution in [0.15, 0.2) is 18.2 Å². The zero-order valence-corrected chi connectivity index (χ0v) is 10.7. The van der Waals surface area contributed by atoms with Crippen molar-refractivity contribution in [2.24, 2.45) is 0 Å². The van der Waals surface area contributed by atoms with Crippen molar-refractivity contribution < 1.29 is 19.3 Å². The van der Waals surface area contributed by atoms with Crippen molar-refractivity contribution in [1.82, 2.24) is 0 Å². The molecule has 1 rings (SSSR count). The van der Waals surface area contributed by atoms with Crippen molar-refractivity contribution in [3.63, 3.8) is 0 Å². The number of hydrogen-bond donors (Lipinski definition) is 2. The minimum Gasteiger partial charge on any atom is -0.493 e. The van der Waals surface area contributed by atoms with Crippen LogP contribution in [0.5, 0.6) is 5.75 Å². The third kappa shape index (κ3) is 5.02. The molecule has 0 bridgehead atoms. The van der Waals surface area contributed by atoms with E-state index in [9.17, 15) is 9.50 Å². The summed E-state index contributed by atoms with van der Waals surface area (Å²) in [4.78, 5) is 0. The van der Waals surface area contributed by atoms with Crippen LogP contribution < -0.4 is 4.74 Å². The van der Waals surface area contributed by atoms with Crippen LogP contribution in [0.1, 0.15) is 44.3 Å². The second-order valence-corrected chi connectivity index (χ2v) is 4.34. The molecule has 3 nitrogen and oxygen atoms in total. The summed E-state index contributed by atoms with van der Waals surface area (Å²) in [6.45, 7) is 2.34. The zero-order valence-electron chi connectivity index (χ0n) is 10.7. The largest absolute Gasteiger partial charge is 0.493 e. The molecular formula is C14H21FO3. The van der Waals surface area contributed by atoms with Gasteiger partial charge in [0, 0.05) is 18.2 Å². The van der Waals surface area contributed by atoms with E-state index in [4.69, 9.17) is 9.84 Å². The molecule has 1 aromatic carbocycles. The maximum Gasteiger partial charge on any atom is 0.127 e. The van der Waals surface area contributed by atoms with E-state index in [0.29, 0.717) is 17.9 Å². The van der Waals surface area contributed by atoms with Crippen molar-refractivity contribution >= 4 is 0 Å². The lowest BCUT2D eigenvalue weighted by atomic mass is 10.1. The van der Waals surface area contributed by atoms with E-state index < -0.39 is 6.10 Å². The maximum absolute atomic E-state index is 13.1. The van der Waals surface area contributed by atoms with Crippen molar-refractivity contribution in [2.45, 2.75) is 38.7 Å². The molecule has 102 valence electrons. The van der Waals surface area contributed by atoms with Crippen molar-refractivity contribution in [3.8, 4) is 5.75 Å². The Labute approximate surface area is 107 Å². The first kappa shape index (κ1) is 14.9. The average Bonchev–Trinajstić information content (AvgIpc) is 2.33. The van der Waals surface area contributed by atoms with Crippen LogP contribution in [0, 0.1) is 5.82 Å². The Bertz CT molecular complexity index is 353. The molecular weight excluding hydrogens is 235 g/mol. The summed E-state index contributed by atoms with van der Waals surface area (Å²) in [6.07, 6.45) is 2.93. The van der Waals surface area contributed by atoms with Gasteiger partial charge >= 0.3 is 0 Å². The lowest BCUT2D eigenvalue weighted by Crippen LogP contribution is -2.03. The fourth-order valence-electron chi connectivity index (χ4n) is 1.73. The third-order valence-corrected chi connectivity index (χ3v) is 2.74. The topological polar surface area (TPSA) is 49.7 Å². The molecule has 18 heavy (non-hydrogen) atoms. The molecule has 0 aliphatic rings. The van der Waals surface area contributed by atoms with Crippen molar-refractivity contribution in [3.05, 3.63) is 29.6 Å². The van der Waals surface area contributed by atoms with Crippen molar-refractivity contribution in [1.29, 1.82) is 0 Å². The Hall–Kier alpha value is -1.13. The molecule has 0 saturated carbocycles. The minimum atomic E-state index is -0.671. The lowest BCUT2D eigenvalue weighted by molar-refractivity contribution is 0.190. The lowest BCUT2D eigenvalue weighted by Gasteiger charge is -2.13. The number of unbranched alkanes of at least 4 members (excludes halogenated alkanes) is 3. The van der Waals surface area contributed by atoms with Crippen LogP contribution in [0.25, 0.3) is 0 Å². The highest BCUT2D eigenvalue weighted by Gasteiger charge is 2.10. The highest BCUT2D eigenvalue weighted by Crippen LogP contribution is 2.26. The second kappa shape index (κ2) is 8.06. The molecule has 0 amide bonds. The van der Waals surface area contributed by atoms with E-state index in [1.807, 2.05) is 0 Å². The van der Waals surface area contributed by atoms with E-state index in [1.165, 1.54) is 12.1 Å². The van der Waals surface area contributed by atoms with Crippen LogP contribution in [0.4, 0.5) is 4.39 Å². The van der Waals surface area contributed by atoms with E-state index >= 15 is 0 Å². The van der Waals surface area contributed by atoms with Crippen LogP contribution in [0.3, 0.4) is 0 Å². The standard InChI is InChI=1S/C14H21FO3/c1-11(17)13-7-6-12(15)10-14(13)18-9-5-3-2-4-8-16/h6-7,10-11,16-17H,2-5,8-9H2,1H3. The number of rotatable bonds is 8. The van der Waals surface area contributed by atoms with E-state index in [2.05, 4.69) is 0 Å². The number of halogens is 1. The van der Waals surface area contributed by atoms with Crippen LogP contribution >= 0.6 is 0 Å². The van der Waals surface area contributed by atoms with Gasteiger partial charge in [-0.25, -0.2) is 4.39 Å². The fraction of sp³-hybridized carbons (Fsp3) is 0.571. The Morgan fingerprint density at radius 3 is 2.61 bits per heavy atom. The summed E-state index contributed by atoms with van der Waals surface area (Å²) in [5, 5.41) is 18.2. The Morgan fingerprint density at radius 2 is 1.94 bits per heavy atom. The van der Waals surface area contributed by atoms with Gasteiger partial charge in [-0.1, -0.05) is 6.42 Å². The maximum atomic E-state index is 13.1. The molecule has 0 spiro atoms. The van der Waals surface area contributed by atoms with Gasteiger partial charge in [0.15, 0.2) is 0 Å². The molecule has 0 aliphatic carbocycles. The highest BCUT2D eigenvalue weighted by atomic mass is 19.1. The normalized spacial score (nSPS) is 12.4. The van der Waals surface area contributed by atoms with Gasteiger partial charge in [-0.05, 0) is 38.3 Å². The Balaban J connectivity index is 2.43. The smallest absolute Gasteiger partial charge is 0.127 e. The predicted octanol–water partition coefficient (Wildman–Crippen LogP) is 2.81. The number of aliphatic hydroxyl groups excluding tert-OH is 2. The van der Waals surface area contributed by atoms with E-state index in [1.54, 1.807) is 13.0 Å². The molecule has 0 aromatic heterocycles. The summed E-state index contributed by atoms with van der Waals surface area (Å²) in [5.41, 5.74) is 0.603. The van der Waals surface area contributed by atoms with Gasteiger partial charge in [-0.15, -0.1) is 0 Å². The Kier molecular flexibility index (Phi) is 6.68.